The number of amides is 2. The minimum Gasteiger partial charge on any atom is -0.444 e. The first-order valence-corrected chi connectivity index (χ1v) is 12.6. The number of carbonyl (C=O) groups is 2. The highest BCUT2D eigenvalue weighted by molar-refractivity contribution is 7.00. The van der Waals surface area contributed by atoms with Gasteiger partial charge in [0.05, 0.1) is 34.6 Å². The predicted octanol–water partition coefficient (Wildman–Crippen LogP) is 1.72. The number of alkyl carbamates (subject to hydrolysis) is 2. The lowest BCUT2D eigenvalue weighted by Gasteiger charge is -2.19. The molecule has 1 aromatic heterocycles. The molecule has 0 spiro atoms. The molecule has 3 rings (SSSR count). The third-order valence-corrected chi connectivity index (χ3v) is 5.36. The Hall–Kier alpha value is -3.74. The van der Waals surface area contributed by atoms with Crippen LogP contribution < -0.4 is 32.2 Å². The maximum atomic E-state index is 13.3. The number of hydrogen-bond acceptors (Lipinski definition) is 9. The largest absolute Gasteiger partial charge is 0.444 e. The van der Waals surface area contributed by atoms with Crippen LogP contribution in [0.1, 0.15) is 41.5 Å². The van der Waals surface area contributed by atoms with Crippen molar-refractivity contribution in [2.75, 3.05) is 26.2 Å². The molecular weight excluding hydrogens is 500 g/mol. The van der Waals surface area contributed by atoms with Gasteiger partial charge in [0.25, 0.3) is 0 Å². The van der Waals surface area contributed by atoms with Crippen LogP contribution in [0.25, 0.3) is 21.8 Å². The van der Waals surface area contributed by atoms with Crippen molar-refractivity contribution in [1.82, 2.24) is 19.4 Å². The number of benzene rings is 2. The van der Waals surface area contributed by atoms with Gasteiger partial charge in [-0.05, 0) is 53.7 Å². The fourth-order valence-electron chi connectivity index (χ4n) is 3.40. The number of carbonyl (C=O) groups excluding carboxylic acids is 2. The van der Waals surface area contributed by atoms with Crippen LogP contribution in [0.4, 0.5) is 9.59 Å². The molecule has 0 aliphatic carbocycles. The molecule has 0 aliphatic rings. The Morgan fingerprint density at radius 1 is 0.784 bits per heavy atom. The van der Waals surface area contributed by atoms with Crippen LogP contribution in [0.2, 0.25) is 0 Å². The minimum absolute atomic E-state index is 0.138. The van der Waals surface area contributed by atoms with Gasteiger partial charge in [0.2, 0.25) is 10.9 Å². The van der Waals surface area contributed by atoms with E-state index in [1.807, 2.05) is 0 Å². The first kappa shape index (κ1) is 27.8. The summed E-state index contributed by atoms with van der Waals surface area (Å²) in [5, 5.41) is 6.13. The van der Waals surface area contributed by atoms with E-state index < -0.39 is 23.4 Å². The van der Waals surface area contributed by atoms with Crippen LogP contribution in [0, 0.1) is 0 Å². The Morgan fingerprint density at radius 2 is 1.16 bits per heavy atom. The number of nitrogens with one attached hydrogen (secondary N) is 4. The average molecular weight is 533 g/mol. The highest BCUT2D eigenvalue weighted by Gasteiger charge is 2.17. The third kappa shape index (κ3) is 7.38. The zero-order chi connectivity index (χ0) is 27.4. The van der Waals surface area contributed by atoms with Gasteiger partial charge in [0.1, 0.15) is 22.2 Å². The number of H-pyrrole nitrogens is 2. The number of aromatic amines is 2. The van der Waals surface area contributed by atoms with E-state index in [4.69, 9.17) is 9.47 Å². The van der Waals surface area contributed by atoms with E-state index in [1.165, 1.54) is 0 Å². The quantitative estimate of drug-likeness (QED) is 0.353. The normalized spacial score (nSPS) is 13.2. The number of fused-ring (bicyclic) bond motifs is 2. The van der Waals surface area contributed by atoms with Crippen molar-refractivity contribution >= 4 is 45.7 Å². The van der Waals surface area contributed by atoms with Gasteiger partial charge in [-0.15, -0.1) is 0 Å². The summed E-state index contributed by atoms with van der Waals surface area (Å²) < 4.78 is 16.0. The van der Waals surface area contributed by atoms with Crippen molar-refractivity contribution in [1.29, 1.82) is 0 Å². The van der Waals surface area contributed by atoms with Crippen LogP contribution in [-0.2, 0) is 9.47 Å². The van der Waals surface area contributed by atoms with Gasteiger partial charge in [-0.2, -0.15) is 0 Å². The molecule has 37 heavy (non-hydrogen) atoms. The summed E-state index contributed by atoms with van der Waals surface area (Å²) in [6, 6.07) is 3.22. The van der Waals surface area contributed by atoms with Crippen LogP contribution in [0.15, 0.2) is 31.7 Å². The Bertz CT molecular complexity index is 1430. The summed E-state index contributed by atoms with van der Waals surface area (Å²) in [6.45, 7) is 11.3. The maximum Gasteiger partial charge on any atom is 0.407 e. The van der Waals surface area contributed by atoms with Crippen molar-refractivity contribution in [3.63, 3.8) is 0 Å². The van der Waals surface area contributed by atoms with Crippen LogP contribution in [0.5, 0.6) is 0 Å². The third-order valence-electron chi connectivity index (χ3n) is 4.75. The molecule has 3 aromatic rings. The molecule has 4 N–H and O–H groups in total. The second-order valence-electron chi connectivity index (χ2n) is 10.2. The topological polar surface area (TPSA) is 167 Å². The Balaban J connectivity index is 1.92. The standard InChI is InChI=1S/C24H32N6O6S/c1-23(2,3)35-21(33)27-11-9-25-13-7-8-14(26-10-12-28-22(34)36-24(4,5)6)16-15(13)19(31)17-18(20(16)32)30-37-29-17/h7-8,29-30H,9-12H2,1-6H3,(H,27,33)(H,28,34). The van der Waals surface area contributed by atoms with E-state index in [1.54, 1.807) is 53.7 Å². The van der Waals surface area contributed by atoms with E-state index in [9.17, 15) is 19.2 Å². The molecule has 0 fully saturated rings. The number of aromatic nitrogens is 2. The van der Waals surface area contributed by atoms with Gasteiger partial charge in [0, 0.05) is 24.8 Å². The zero-order valence-corrected chi connectivity index (χ0v) is 22.6. The van der Waals surface area contributed by atoms with E-state index in [-0.39, 0.29) is 58.8 Å². The summed E-state index contributed by atoms with van der Waals surface area (Å²) >= 11 is 1.03. The molecule has 1 heterocycles. The molecule has 0 atom stereocenters. The minimum atomic E-state index is -0.624. The molecule has 200 valence electrons. The van der Waals surface area contributed by atoms with Gasteiger partial charge in [-0.25, -0.2) is 9.59 Å². The molecule has 2 aromatic carbocycles. The van der Waals surface area contributed by atoms with Gasteiger partial charge in [-0.1, -0.05) is 0 Å². The Morgan fingerprint density at radius 3 is 1.51 bits per heavy atom. The number of nitrogens with zero attached hydrogens (tertiary/aromatic N) is 2. The summed E-state index contributed by atoms with van der Waals surface area (Å²) in [5.41, 5.74) is -1.69. The molecule has 13 heteroatoms. The average Bonchev–Trinajstić information content (AvgIpc) is 3.26. The van der Waals surface area contributed by atoms with Crippen molar-refractivity contribution in [2.45, 2.75) is 52.7 Å². The molecule has 0 bridgehead atoms. The van der Waals surface area contributed by atoms with Crippen LogP contribution in [0.3, 0.4) is 0 Å². The first-order valence-electron chi connectivity index (χ1n) is 11.7. The molecule has 0 radical (unpaired) electrons. The first-order chi connectivity index (χ1) is 17.3. The van der Waals surface area contributed by atoms with Gasteiger partial charge in [-0.3, -0.25) is 28.3 Å². The fraction of sp³-hybridized carbons (Fsp3) is 0.500. The van der Waals surface area contributed by atoms with Crippen LogP contribution >= 0.6 is 11.7 Å². The molecule has 0 saturated carbocycles. The van der Waals surface area contributed by atoms with Crippen molar-refractivity contribution in [2.24, 2.45) is 9.98 Å². The molecule has 2 amide bonds. The summed E-state index contributed by atoms with van der Waals surface area (Å²) in [6.07, 6.45) is -1.14. The molecule has 0 saturated heterocycles. The summed E-state index contributed by atoms with van der Waals surface area (Å²) in [5.74, 6) is 0. The lowest BCUT2D eigenvalue weighted by atomic mass is 10.1. The van der Waals surface area contributed by atoms with Crippen LogP contribution in [-0.4, -0.2) is 58.3 Å². The zero-order valence-electron chi connectivity index (χ0n) is 21.7. The molecule has 0 unspecified atom stereocenters. The highest BCUT2D eigenvalue weighted by atomic mass is 32.1. The lowest BCUT2D eigenvalue weighted by Crippen LogP contribution is -2.34. The molecule has 12 nitrogen and oxygen atoms in total. The van der Waals surface area contributed by atoms with Crippen molar-refractivity contribution in [3.8, 4) is 0 Å². The summed E-state index contributed by atoms with van der Waals surface area (Å²) in [7, 11) is 0. The number of rotatable bonds is 6. The summed E-state index contributed by atoms with van der Waals surface area (Å²) in [4.78, 5) is 59.2. The van der Waals surface area contributed by atoms with E-state index in [0.717, 1.165) is 11.7 Å². The number of ether oxygens (including phenoxy) is 2. The van der Waals surface area contributed by atoms with Gasteiger partial charge < -0.3 is 20.1 Å². The van der Waals surface area contributed by atoms with E-state index in [2.05, 4.69) is 29.4 Å². The lowest BCUT2D eigenvalue weighted by molar-refractivity contribution is 0.0518. The second kappa shape index (κ2) is 11.1. The number of hydrogen-bond donors (Lipinski definition) is 4. The smallest absolute Gasteiger partial charge is 0.407 e. The van der Waals surface area contributed by atoms with E-state index in [0.29, 0.717) is 10.7 Å². The fourth-order valence-corrected chi connectivity index (χ4v) is 4.04. The molecular formula is C24H32N6O6S. The van der Waals surface area contributed by atoms with Crippen molar-refractivity contribution < 1.29 is 19.1 Å². The predicted molar refractivity (Wildman–Crippen MR) is 141 cm³/mol. The Labute approximate surface area is 216 Å². The maximum absolute atomic E-state index is 13.3. The van der Waals surface area contributed by atoms with E-state index >= 15 is 0 Å². The Kier molecular flexibility index (Phi) is 8.36. The van der Waals surface area contributed by atoms with Gasteiger partial charge in [0.15, 0.2) is 0 Å². The van der Waals surface area contributed by atoms with Crippen molar-refractivity contribution in [3.05, 3.63) is 43.3 Å². The monoisotopic (exact) mass is 532 g/mol. The second-order valence-corrected chi connectivity index (χ2v) is 10.8. The SMILES string of the molecule is CC(C)(C)OC(=O)NCCN=c1ccc(=NCCNC(=O)OC(C)(C)C)c2c(=O)c3[nH]s[nH]c3c(=O)c12. The highest BCUT2D eigenvalue weighted by Crippen LogP contribution is 2.08. The van der Waals surface area contributed by atoms with Gasteiger partial charge >= 0.3 is 12.2 Å². The molecule has 0 aliphatic heterocycles.